The molecule has 0 unspecified atom stereocenters. The van der Waals surface area contributed by atoms with Crippen LogP contribution in [0.1, 0.15) is 167 Å². The summed E-state index contributed by atoms with van der Waals surface area (Å²) in [5.41, 5.74) is 5.84. The van der Waals surface area contributed by atoms with Crippen LogP contribution < -0.4 is 25.8 Å². The number of benzene rings is 3. The summed E-state index contributed by atoms with van der Waals surface area (Å²) in [6, 6.07) is 45.5. The Morgan fingerprint density at radius 3 is 1.08 bits per heavy atom. The Hall–Kier alpha value is -8.22. The Morgan fingerprint density at radius 2 is 0.752 bits per heavy atom. The first-order valence-electron chi connectivity index (χ1n) is 38.1. The summed E-state index contributed by atoms with van der Waals surface area (Å²) in [5, 5.41) is 27.7. The van der Waals surface area contributed by atoms with Crippen LogP contribution >= 0.6 is 0 Å². The van der Waals surface area contributed by atoms with Gasteiger partial charge in [-0.25, -0.2) is 24.4 Å². The smallest absolute Gasteiger partial charge is 0.410 e. The van der Waals surface area contributed by atoms with E-state index >= 15 is 0 Å². The lowest BCUT2D eigenvalue weighted by Gasteiger charge is -2.38. The fraction of sp³-hybridized carbons (Fsp3) is 0.590. The maximum Gasteiger partial charge on any atom is 0.410 e. The second kappa shape index (κ2) is 44.0. The van der Waals surface area contributed by atoms with E-state index in [-0.39, 0.29) is 30.4 Å². The number of aromatic nitrogens is 2. The summed E-state index contributed by atoms with van der Waals surface area (Å²) in [7, 11) is 9.56. The number of anilines is 2. The Labute approximate surface area is 629 Å². The fourth-order valence-corrected chi connectivity index (χ4v) is 13.3. The van der Waals surface area contributed by atoms with Gasteiger partial charge in [0.2, 0.25) is 0 Å². The normalized spacial score (nSPS) is 17.6. The van der Waals surface area contributed by atoms with Crippen molar-refractivity contribution in [2.24, 2.45) is 0 Å². The van der Waals surface area contributed by atoms with Gasteiger partial charge in [0, 0.05) is 160 Å². The number of Topliss-reactive ketones (excluding diaryl/α,β-unsaturated/α-hetero) is 1. The van der Waals surface area contributed by atoms with Crippen molar-refractivity contribution < 1.29 is 33.4 Å². The van der Waals surface area contributed by atoms with E-state index < -0.39 is 16.8 Å². The van der Waals surface area contributed by atoms with Gasteiger partial charge in [-0.1, -0.05) is 91.0 Å². The molecule has 11 rings (SSSR count). The highest BCUT2D eigenvalue weighted by Gasteiger charge is 2.32. The minimum Gasteiger partial charge on any atom is -0.444 e. The van der Waals surface area contributed by atoms with Crippen LogP contribution in [-0.2, 0) is 38.6 Å². The number of pyridine rings is 2. The third kappa shape index (κ3) is 32.6. The van der Waals surface area contributed by atoms with Gasteiger partial charge in [0.1, 0.15) is 46.1 Å². The third-order valence-electron chi connectivity index (χ3n) is 19.5. The number of ketones is 1. The molecule has 3 aromatic carbocycles. The summed E-state index contributed by atoms with van der Waals surface area (Å²) in [4.78, 5) is 72.1. The molecule has 0 spiro atoms. The lowest BCUT2D eigenvalue weighted by atomic mass is 10.0. The zero-order chi connectivity index (χ0) is 76.4. The van der Waals surface area contributed by atoms with E-state index in [9.17, 15) is 19.2 Å². The number of rotatable bonds is 13. The van der Waals surface area contributed by atoms with Crippen LogP contribution in [0, 0.1) is 22.7 Å². The number of carbonyl (C=O) groups is 4. The predicted octanol–water partition coefficient (Wildman–Crippen LogP) is 12.8. The quantitative estimate of drug-likeness (QED) is 0.0930. The van der Waals surface area contributed by atoms with Crippen molar-refractivity contribution >= 4 is 35.4 Å². The number of nitrogens with zero attached hydrogens (tertiary/aromatic N) is 12. The number of amides is 3. The van der Waals surface area contributed by atoms with Crippen molar-refractivity contribution in [3.63, 3.8) is 0 Å². The molecule has 0 radical (unpaired) electrons. The lowest BCUT2D eigenvalue weighted by Crippen LogP contribution is -2.47. The molecule has 6 saturated heterocycles. The van der Waals surface area contributed by atoms with Gasteiger partial charge in [0.25, 0.3) is 0 Å². The first-order chi connectivity index (χ1) is 50.1. The second-order valence-electron chi connectivity index (χ2n) is 31.2. The molecule has 6 aliphatic heterocycles. The summed E-state index contributed by atoms with van der Waals surface area (Å²) >= 11 is 0. The summed E-state index contributed by atoms with van der Waals surface area (Å²) < 4.78 is 16.2. The van der Waals surface area contributed by atoms with Crippen molar-refractivity contribution in [2.75, 3.05) is 124 Å². The summed E-state index contributed by atoms with van der Waals surface area (Å²) in [6.07, 6.45) is 14.8. The number of nitrogens with one attached hydrogen (secondary N) is 3. The number of hydrogen-bond acceptors (Lipinski definition) is 19. The average molecular weight is 1450 g/mol. The molecule has 105 heavy (non-hydrogen) atoms. The summed E-state index contributed by atoms with van der Waals surface area (Å²) in [6.45, 7) is 32.1. The molecule has 3 N–H and O–H groups in total. The van der Waals surface area contributed by atoms with E-state index in [0.29, 0.717) is 29.3 Å². The van der Waals surface area contributed by atoms with Crippen LogP contribution in [-0.4, -0.2) is 224 Å². The number of ether oxygens (including phenoxy) is 3. The highest BCUT2D eigenvalue weighted by atomic mass is 16.6. The van der Waals surface area contributed by atoms with E-state index in [0.717, 1.165) is 167 Å². The maximum absolute atomic E-state index is 12.1. The largest absolute Gasteiger partial charge is 0.444 e. The second-order valence-corrected chi connectivity index (χ2v) is 31.2. The van der Waals surface area contributed by atoms with Crippen molar-refractivity contribution in [2.45, 2.75) is 206 Å². The first-order valence-corrected chi connectivity index (χ1v) is 38.1. The van der Waals surface area contributed by atoms with Crippen molar-refractivity contribution in [3.05, 3.63) is 156 Å². The molecule has 0 aliphatic carbocycles. The van der Waals surface area contributed by atoms with Gasteiger partial charge in [0.15, 0.2) is 0 Å². The van der Waals surface area contributed by atoms with Gasteiger partial charge < -0.3 is 54.7 Å². The topological polar surface area (TPSA) is 231 Å². The molecule has 6 fully saturated rings. The predicted molar refractivity (Wildman–Crippen MR) is 420 cm³/mol. The van der Waals surface area contributed by atoms with E-state index in [4.69, 9.17) is 24.7 Å². The number of hydrogen-bond donors (Lipinski definition) is 3. The van der Waals surface area contributed by atoms with Crippen LogP contribution in [0.4, 0.5) is 25.8 Å². The van der Waals surface area contributed by atoms with Crippen LogP contribution in [0.3, 0.4) is 0 Å². The average Bonchev–Trinajstić information content (AvgIpc) is 0.848. The molecule has 3 amide bonds. The van der Waals surface area contributed by atoms with Gasteiger partial charge in [-0.05, 0) is 208 Å². The summed E-state index contributed by atoms with van der Waals surface area (Å²) in [5.74, 6) is 0.411. The Kier molecular flexibility index (Phi) is 35.9. The van der Waals surface area contributed by atoms with Crippen molar-refractivity contribution in [1.82, 2.24) is 55.3 Å². The number of piperidine rings is 6. The minimum atomic E-state index is -0.475. The van der Waals surface area contributed by atoms with E-state index in [2.05, 4.69) is 148 Å². The SMILES string of the molecule is CN(C(=O)OC(C)(C)C)C1CCN(Cc2ccccc2)CC1.CN(C(=O)OC(C)(C)C)C1CCN(c2ccnc(C#N)c2)CC1.CN(C(=O)OC(C)(C)C)C1CCNCC1.CNC1CCN(Cc2ccccc2)CC1.CNC1CCN(c2ccnc(C#N)c2)CC1.O=C1CCN(Cc2ccccc2)CC1. The molecule has 2 aromatic heterocycles. The fourth-order valence-electron chi connectivity index (χ4n) is 13.3. The highest BCUT2D eigenvalue weighted by Crippen LogP contribution is 2.26. The maximum atomic E-state index is 12.1. The highest BCUT2D eigenvalue weighted by molar-refractivity contribution is 5.79. The monoisotopic (exact) mass is 1440 g/mol. The van der Waals surface area contributed by atoms with Gasteiger partial charge in [0.05, 0.1) is 0 Å². The Bertz CT molecular complexity index is 3400. The van der Waals surface area contributed by atoms with Crippen molar-refractivity contribution in [1.29, 1.82) is 10.5 Å². The first kappa shape index (κ1) is 85.7. The molecule has 22 nitrogen and oxygen atoms in total. The van der Waals surface area contributed by atoms with Gasteiger partial charge in [-0.3, -0.25) is 19.5 Å². The van der Waals surface area contributed by atoms with Gasteiger partial charge in [-0.15, -0.1) is 0 Å². The van der Waals surface area contributed by atoms with Crippen molar-refractivity contribution in [3.8, 4) is 12.1 Å². The van der Waals surface area contributed by atoms with E-state index in [1.54, 1.807) is 40.2 Å². The Balaban J connectivity index is 0.000000200. The molecule has 0 atom stereocenters. The van der Waals surface area contributed by atoms with Crippen LogP contribution in [0.25, 0.3) is 0 Å². The molecule has 22 heteroatoms. The third-order valence-corrected chi connectivity index (χ3v) is 19.5. The van der Waals surface area contributed by atoms with Crippen LogP contribution in [0.5, 0.6) is 0 Å². The molecular weight excluding hydrogens is 1320 g/mol. The molecule has 574 valence electrons. The number of carbonyl (C=O) groups excluding carboxylic acids is 4. The zero-order valence-electron chi connectivity index (χ0n) is 65.8. The molecule has 5 aromatic rings. The standard InChI is InChI=1S/C18H28N2O2.C17H24N4O2.C13H20N2.C12H16N4.C12H15NO.C11H22N2O2/c1-18(2,3)22-17(21)19(4)16-10-12-20(13-11-16)14-15-8-6-5-7-9-15;1-17(2,3)23-16(22)20(4)14-6-9-21(10-7-14)15-5-8-19-13(11-15)12-18;1-14-13-7-9-15(10-8-13)11-12-5-3-2-4-6-12;1-14-10-3-6-16(7-4-10)12-2-5-15-11(8-12)9-13;14-12-6-8-13(9-7-12)10-11-4-2-1-3-5-11;1-11(2,3)15-10(14)13(4)9-5-7-12-8-6-9/h5-9,16H,10-14H2,1-4H3;5,8,11,14H,6-7,9-10H2,1-4H3;2-6,13-14H,7-11H2,1H3;2,5,8,10,14H,3-4,6-7H2,1H3;1-5H,6-10H2;9,12H,5-8H2,1-4H3. The molecule has 0 saturated carbocycles. The number of nitriles is 2. The Morgan fingerprint density at radius 1 is 0.457 bits per heavy atom. The molecule has 8 heterocycles. The van der Waals surface area contributed by atoms with E-state index in [1.165, 1.54) is 42.6 Å². The minimum absolute atomic E-state index is 0.179. The van der Waals surface area contributed by atoms with Crippen LogP contribution in [0.2, 0.25) is 0 Å². The van der Waals surface area contributed by atoms with Gasteiger partial charge >= 0.3 is 18.3 Å². The molecular formula is C83H125N15O7. The zero-order valence-corrected chi connectivity index (χ0v) is 65.8. The number of likely N-dealkylation sites (tertiary alicyclic amines) is 3. The van der Waals surface area contributed by atoms with Gasteiger partial charge in [-0.2, -0.15) is 10.5 Å². The molecule has 6 aliphatic rings. The lowest BCUT2D eigenvalue weighted by molar-refractivity contribution is -0.121. The van der Waals surface area contributed by atoms with Crippen LogP contribution in [0.15, 0.2) is 128 Å². The van der Waals surface area contributed by atoms with E-state index in [1.807, 2.05) is 114 Å². The molecule has 0 bridgehead atoms.